The Morgan fingerprint density at radius 2 is 1.58 bits per heavy atom. The number of carboxylic acid groups (broad SMARTS) is 2. The van der Waals surface area contributed by atoms with Gasteiger partial charge in [0.05, 0.1) is 19.4 Å². The summed E-state index contributed by atoms with van der Waals surface area (Å²) in [4.78, 5) is 66.8. The number of aromatic nitrogens is 2. The first kappa shape index (κ1) is 27.5. The number of carbonyl (C=O) groups is 5. The molecule has 14 heteroatoms. The third-order valence-electron chi connectivity index (χ3n) is 4.48. The van der Waals surface area contributed by atoms with Crippen LogP contribution >= 0.6 is 0 Å². The number of carbonyl (C=O) groups excluding carboxylic acids is 3. The lowest BCUT2D eigenvalue weighted by Crippen LogP contribution is -2.58. The first-order chi connectivity index (χ1) is 15.4. The van der Waals surface area contributed by atoms with E-state index in [1.165, 1.54) is 12.5 Å². The number of imidazole rings is 1. The third-order valence-corrected chi connectivity index (χ3v) is 4.48. The number of nitrogens with one attached hydrogen (secondary N) is 4. The molecule has 0 spiro atoms. The lowest BCUT2D eigenvalue weighted by Gasteiger charge is -2.24. The molecule has 0 aliphatic carbocycles. The molecule has 14 nitrogen and oxygen atoms in total. The molecule has 3 amide bonds. The highest BCUT2D eigenvalue weighted by Crippen LogP contribution is 2.07. The van der Waals surface area contributed by atoms with Crippen LogP contribution in [-0.2, 0) is 30.4 Å². The van der Waals surface area contributed by atoms with E-state index in [2.05, 4.69) is 25.9 Å². The summed E-state index contributed by atoms with van der Waals surface area (Å²) in [5.41, 5.74) is 5.82. The molecule has 0 aliphatic heterocycles. The number of aliphatic carboxylic acids is 2. The zero-order chi connectivity index (χ0) is 25.1. The summed E-state index contributed by atoms with van der Waals surface area (Å²) < 4.78 is 0. The lowest BCUT2D eigenvalue weighted by atomic mass is 10.0. The second kappa shape index (κ2) is 13.1. The van der Waals surface area contributed by atoms with Crippen LogP contribution in [-0.4, -0.2) is 85.7 Å². The van der Waals surface area contributed by atoms with Crippen molar-refractivity contribution in [2.45, 2.75) is 57.3 Å². The van der Waals surface area contributed by atoms with Gasteiger partial charge in [0.1, 0.15) is 24.2 Å². The fraction of sp³-hybridized carbons (Fsp3) is 0.579. The SMILES string of the molecule is CC(C)CC(NC(=O)C(Cc1cnc[nH]1)NC(=O)C(CC(=O)O)NC(=O)C(N)CO)C(=O)O. The molecule has 0 radical (unpaired) electrons. The van der Waals surface area contributed by atoms with Gasteiger partial charge in [-0.25, -0.2) is 9.78 Å². The molecule has 0 aliphatic rings. The molecule has 4 atom stereocenters. The van der Waals surface area contributed by atoms with Gasteiger partial charge in [0.15, 0.2) is 0 Å². The van der Waals surface area contributed by atoms with Crippen molar-refractivity contribution in [3.05, 3.63) is 18.2 Å². The van der Waals surface area contributed by atoms with E-state index in [0.717, 1.165) is 0 Å². The van der Waals surface area contributed by atoms with Crippen LogP contribution in [0.3, 0.4) is 0 Å². The minimum atomic E-state index is -1.60. The quantitative estimate of drug-likeness (QED) is 0.140. The number of aliphatic hydroxyl groups excluding tert-OH is 1. The van der Waals surface area contributed by atoms with Crippen LogP contribution in [0.25, 0.3) is 0 Å². The maximum atomic E-state index is 12.8. The zero-order valence-electron chi connectivity index (χ0n) is 18.3. The van der Waals surface area contributed by atoms with Gasteiger partial charge in [-0.3, -0.25) is 19.2 Å². The molecule has 1 heterocycles. The summed E-state index contributed by atoms with van der Waals surface area (Å²) in [6, 6.07) is -5.51. The van der Waals surface area contributed by atoms with Crippen LogP contribution < -0.4 is 21.7 Å². The Morgan fingerprint density at radius 1 is 1.00 bits per heavy atom. The van der Waals surface area contributed by atoms with Gasteiger partial charge in [-0.05, 0) is 12.3 Å². The fourth-order valence-electron chi connectivity index (χ4n) is 2.81. The summed E-state index contributed by atoms with van der Waals surface area (Å²) in [6.07, 6.45) is 1.94. The molecule has 4 unspecified atom stereocenters. The average Bonchev–Trinajstić information content (AvgIpc) is 3.23. The number of nitrogens with two attached hydrogens (primary N) is 1. The highest BCUT2D eigenvalue weighted by molar-refractivity contribution is 5.95. The molecule has 0 saturated carbocycles. The van der Waals surface area contributed by atoms with Crippen molar-refractivity contribution < 1.29 is 39.3 Å². The van der Waals surface area contributed by atoms with E-state index in [-0.39, 0.29) is 18.8 Å². The van der Waals surface area contributed by atoms with Gasteiger partial charge < -0.3 is 42.0 Å². The van der Waals surface area contributed by atoms with Crippen LogP contribution in [0.4, 0.5) is 0 Å². The number of carboxylic acids is 2. The summed E-state index contributed by atoms with van der Waals surface area (Å²) in [5, 5.41) is 34.3. The van der Waals surface area contributed by atoms with Crippen molar-refractivity contribution in [3.63, 3.8) is 0 Å². The van der Waals surface area contributed by atoms with Crippen LogP contribution in [0.1, 0.15) is 32.4 Å². The number of amides is 3. The van der Waals surface area contributed by atoms with E-state index in [0.29, 0.717) is 5.69 Å². The third kappa shape index (κ3) is 9.65. The molecular formula is C19H30N6O8. The molecule has 0 aromatic carbocycles. The number of nitrogens with zero attached hydrogens (tertiary/aromatic N) is 1. The molecule has 1 aromatic heterocycles. The number of hydrogen-bond acceptors (Lipinski definition) is 8. The number of H-pyrrole nitrogens is 1. The Kier molecular flexibility index (Phi) is 10.9. The van der Waals surface area contributed by atoms with E-state index in [1.54, 1.807) is 13.8 Å². The van der Waals surface area contributed by atoms with Gasteiger partial charge >= 0.3 is 11.9 Å². The van der Waals surface area contributed by atoms with Crippen molar-refractivity contribution >= 4 is 29.7 Å². The van der Waals surface area contributed by atoms with E-state index < -0.39 is 66.9 Å². The fourth-order valence-corrected chi connectivity index (χ4v) is 2.81. The Labute approximate surface area is 189 Å². The van der Waals surface area contributed by atoms with Crippen molar-refractivity contribution in [2.24, 2.45) is 11.7 Å². The highest BCUT2D eigenvalue weighted by atomic mass is 16.4. The summed E-state index contributed by atoms with van der Waals surface area (Å²) in [5.74, 6) is -5.50. The Morgan fingerprint density at radius 3 is 2.06 bits per heavy atom. The van der Waals surface area contributed by atoms with Gasteiger partial charge in [-0.2, -0.15) is 0 Å². The molecular weight excluding hydrogens is 440 g/mol. The summed E-state index contributed by atoms with van der Waals surface area (Å²) in [6.45, 7) is 2.83. The maximum Gasteiger partial charge on any atom is 0.326 e. The molecule has 1 rings (SSSR count). The second-order valence-electron chi connectivity index (χ2n) is 7.82. The molecule has 184 valence electrons. The standard InChI is InChI=1S/C19H30N6O8/c1-9(2)3-14(19(32)33)25-17(30)12(4-10-6-21-8-22-10)24-18(31)13(5-15(27)28)23-16(29)11(20)7-26/h6,8-9,11-14,26H,3-5,7,20H2,1-2H3,(H,21,22)(H,23,29)(H,24,31)(H,25,30)(H,27,28)(H,32,33). The van der Waals surface area contributed by atoms with Crippen LogP contribution in [0, 0.1) is 5.92 Å². The zero-order valence-corrected chi connectivity index (χ0v) is 18.3. The van der Waals surface area contributed by atoms with E-state index in [1.807, 2.05) is 0 Å². The van der Waals surface area contributed by atoms with Crippen molar-refractivity contribution in [2.75, 3.05) is 6.61 Å². The first-order valence-corrected chi connectivity index (χ1v) is 10.1. The molecule has 9 N–H and O–H groups in total. The van der Waals surface area contributed by atoms with Gasteiger partial charge in [0.2, 0.25) is 17.7 Å². The Balaban J connectivity index is 3.07. The van der Waals surface area contributed by atoms with Crippen LogP contribution in [0.15, 0.2) is 12.5 Å². The maximum absolute atomic E-state index is 12.8. The minimum Gasteiger partial charge on any atom is -0.481 e. The molecule has 0 saturated heterocycles. The van der Waals surface area contributed by atoms with Crippen LogP contribution in [0.2, 0.25) is 0 Å². The minimum absolute atomic E-state index is 0.0436. The monoisotopic (exact) mass is 470 g/mol. The average molecular weight is 470 g/mol. The Hall–Kier alpha value is -3.52. The summed E-state index contributed by atoms with van der Waals surface area (Å²) in [7, 11) is 0. The van der Waals surface area contributed by atoms with E-state index in [9.17, 15) is 29.1 Å². The van der Waals surface area contributed by atoms with Crippen molar-refractivity contribution in [1.82, 2.24) is 25.9 Å². The number of aliphatic hydroxyl groups is 1. The first-order valence-electron chi connectivity index (χ1n) is 10.1. The number of rotatable bonds is 14. The van der Waals surface area contributed by atoms with Gasteiger partial charge in [0.25, 0.3) is 0 Å². The molecule has 0 bridgehead atoms. The van der Waals surface area contributed by atoms with E-state index in [4.69, 9.17) is 15.9 Å². The normalized spacial score (nSPS) is 14.6. The Bertz CT molecular complexity index is 828. The molecule has 33 heavy (non-hydrogen) atoms. The van der Waals surface area contributed by atoms with Crippen LogP contribution in [0.5, 0.6) is 0 Å². The van der Waals surface area contributed by atoms with Gasteiger partial charge in [-0.15, -0.1) is 0 Å². The lowest BCUT2D eigenvalue weighted by molar-refractivity contribution is -0.143. The molecule has 0 fully saturated rings. The smallest absolute Gasteiger partial charge is 0.326 e. The predicted octanol–water partition coefficient (Wildman–Crippen LogP) is -2.67. The predicted molar refractivity (Wildman–Crippen MR) is 112 cm³/mol. The second-order valence-corrected chi connectivity index (χ2v) is 7.82. The molecule has 1 aromatic rings. The van der Waals surface area contributed by atoms with Crippen molar-refractivity contribution in [1.29, 1.82) is 0 Å². The van der Waals surface area contributed by atoms with Gasteiger partial charge in [0, 0.05) is 18.3 Å². The number of aromatic amines is 1. The van der Waals surface area contributed by atoms with Gasteiger partial charge in [-0.1, -0.05) is 13.8 Å². The largest absolute Gasteiger partial charge is 0.481 e. The van der Waals surface area contributed by atoms with E-state index >= 15 is 0 Å². The topological polar surface area (TPSA) is 237 Å². The number of hydrogen-bond donors (Lipinski definition) is 8. The summed E-state index contributed by atoms with van der Waals surface area (Å²) >= 11 is 0. The highest BCUT2D eigenvalue weighted by Gasteiger charge is 2.32. The van der Waals surface area contributed by atoms with Crippen molar-refractivity contribution in [3.8, 4) is 0 Å².